The van der Waals surface area contributed by atoms with Crippen LogP contribution in [0.15, 0.2) is 18.5 Å². The average molecular weight is 228 g/mol. The third-order valence-electron chi connectivity index (χ3n) is 1.70. The van der Waals surface area contributed by atoms with Crippen molar-refractivity contribution in [3.8, 4) is 0 Å². The van der Waals surface area contributed by atoms with Crippen LogP contribution in [0, 0.1) is 10.1 Å². The lowest BCUT2D eigenvalue weighted by atomic mass is 10.2. The number of rotatable bonds is 4. The zero-order valence-corrected chi connectivity index (χ0v) is 8.86. The Morgan fingerprint density at radius 2 is 2.40 bits per heavy atom. The van der Waals surface area contributed by atoms with Crippen molar-refractivity contribution in [1.82, 2.24) is 10.3 Å². The first-order valence-corrected chi connectivity index (χ1v) is 4.63. The molecular weight excluding hydrogens is 218 g/mol. The Balaban J connectivity index is 2.99. The summed E-state index contributed by atoms with van der Waals surface area (Å²) in [4.78, 5) is 13.7. The highest BCUT2D eigenvalue weighted by Crippen LogP contribution is 2.27. The molecule has 1 heterocycles. The van der Waals surface area contributed by atoms with Crippen LogP contribution >= 0.6 is 11.6 Å². The van der Waals surface area contributed by atoms with Gasteiger partial charge in [0.15, 0.2) is 0 Å². The van der Waals surface area contributed by atoms with Gasteiger partial charge >= 0.3 is 5.69 Å². The Hall–Kier alpha value is -1.46. The van der Waals surface area contributed by atoms with Crippen molar-refractivity contribution in [3.05, 3.63) is 39.2 Å². The van der Waals surface area contributed by atoms with E-state index in [2.05, 4.69) is 10.3 Å². The average Bonchev–Trinajstić information content (AvgIpc) is 2.20. The Kier molecular flexibility index (Phi) is 4.20. The summed E-state index contributed by atoms with van der Waals surface area (Å²) in [5.41, 5.74) is 0.365. The van der Waals surface area contributed by atoms with Crippen LogP contribution in [0.2, 0.25) is 5.02 Å². The van der Waals surface area contributed by atoms with E-state index in [9.17, 15) is 10.1 Å². The van der Waals surface area contributed by atoms with Gasteiger partial charge in [-0.1, -0.05) is 23.8 Å². The number of hydrogen-bond acceptors (Lipinski definition) is 4. The van der Waals surface area contributed by atoms with Gasteiger partial charge in [0.25, 0.3) is 0 Å². The second-order valence-corrected chi connectivity index (χ2v) is 3.16. The molecule has 0 aromatic carbocycles. The standard InChI is InChI=1S/C9H10ClN3O2/c1-11-4-2-3-7-5-12-6-8(9(7)10)13(14)15/h2-3,5-6,11H,4H2,1H3. The second kappa shape index (κ2) is 5.43. The number of nitrogens with zero attached hydrogens (tertiary/aromatic N) is 2. The summed E-state index contributed by atoms with van der Waals surface area (Å²) in [5, 5.41) is 13.6. The molecule has 1 aromatic rings. The molecule has 0 fully saturated rings. The number of likely N-dealkylation sites (N-methyl/N-ethyl adjacent to an activating group) is 1. The van der Waals surface area contributed by atoms with Crippen LogP contribution in [-0.2, 0) is 0 Å². The molecule has 0 aliphatic carbocycles. The van der Waals surface area contributed by atoms with Crippen molar-refractivity contribution < 1.29 is 4.92 Å². The SMILES string of the molecule is CNCC=Cc1cncc([N+](=O)[O-])c1Cl. The monoisotopic (exact) mass is 227 g/mol. The summed E-state index contributed by atoms with van der Waals surface area (Å²) in [5.74, 6) is 0. The molecule has 15 heavy (non-hydrogen) atoms. The van der Waals surface area contributed by atoms with E-state index < -0.39 is 4.92 Å². The third kappa shape index (κ3) is 3.00. The molecule has 0 aliphatic heterocycles. The van der Waals surface area contributed by atoms with Crippen LogP contribution in [0.4, 0.5) is 5.69 Å². The lowest BCUT2D eigenvalue weighted by molar-refractivity contribution is -0.385. The summed E-state index contributed by atoms with van der Waals surface area (Å²) in [7, 11) is 1.80. The van der Waals surface area contributed by atoms with Gasteiger partial charge in [-0.2, -0.15) is 0 Å². The maximum atomic E-state index is 10.5. The molecule has 0 bridgehead atoms. The first kappa shape index (κ1) is 11.6. The first-order chi connectivity index (χ1) is 7.16. The lowest BCUT2D eigenvalue weighted by Gasteiger charge is -1.98. The largest absolute Gasteiger partial charge is 0.316 e. The quantitative estimate of drug-likeness (QED) is 0.630. The fourth-order valence-corrected chi connectivity index (χ4v) is 1.23. The molecule has 1 rings (SSSR count). The molecular formula is C9H10ClN3O2. The lowest BCUT2D eigenvalue weighted by Crippen LogP contribution is -2.03. The molecule has 0 unspecified atom stereocenters. The van der Waals surface area contributed by atoms with Crippen LogP contribution in [0.5, 0.6) is 0 Å². The number of aromatic nitrogens is 1. The highest BCUT2D eigenvalue weighted by atomic mass is 35.5. The van der Waals surface area contributed by atoms with Crippen LogP contribution in [-0.4, -0.2) is 23.5 Å². The first-order valence-electron chi connectivity index (χ1n) is 4.26. The molecule has 0 atom stereocenters. The van der Waals surface area contributed by atoms with Gasteiger partial charge < -0.3 is 5.32 Å². The fraction of sp³-hybridized carbons (Fsp3) is 0.222. The van der Waals surface area contributed by atoms with E-state index in [4.69, 9.17) is 11.6 Å². The molecule has 0 aliphatic rings. The highest BCUT2D eigenvalue weighted by molar-refractivity contribution is 6.34. The van der Waals surface area contributed by atoms with Gasteiger partial charge in [-0.25, -0.2) is 0 Å². The van der Waals surface area contributed by atoms with Crippen molar-refractivity contribution >= 4 is 23.4 Å². The van der Waals surface area contributed by atoms with E-state index in [-0.39, 0.29) is 10.7 Å². The zero-order valence-electron chi connectivity index (χ0n) is 8.11. The van der Waals surface area contributed by atoms with Crippen LogP contribution < -0.4 is 5.32 Å². The predicted octanol–water partition coefficient (Wildman–Crippen LogP) is 1.88. The van der Waals surface area contributed by atoms with Gasteiger partial charge in [0, 0.05) is 18.3 Å². The summed E-state index contributed by atoms with van der Waals surface area (Å²) >= 11 is 5.83. The number of nitrogens with one attached hydrogen (secondary N) is 1. The molecule has 1 aromatic heterocycles. The predicted molar refractivity (Wildman–Crippen MR) is 58.9 cm³/mol. The van der Waals surface area contributed by atoms with Gasteiger partial charge in [-0.15, -0.1) is 0 Å². The Labute approximate surface area is 91.9 Å². The van der Waals surface area contributed by atoms with Crippen molar-refractivity contribution in [3.63, 3.8) is 0 Å². The van der Waals surface area contributed by atoms with Crippen molar-refractivity contribution in [1.29, 1.82) is 0 Å². The summed E-state index contributed by atoms with van der Waals surface area (Å²) in [6, 6.07) is 0. The summed E-state index contributed by atoms with van der Waals surface area (Å²) in [6.45, 7) is 0.666. The van der Waals surface area contributed by atoms with E-state index in [1.165, 1.54) is 6.20 Å². The van der Waals surface area contributed by atoms with E-state index in [0.717, 1.165) is 6.20 Å². The molecule has 0 saturated carbocycles. The van der Waals surface area contributed by atoms with E-state index in [1.807, 2.05) is 6.08 Å². The smallest absolute Gasteiger partial charge is 0.306 e. The van der Waals surface area contributed by atoms with Crippen LogP contribution in [0.3, 0.4) is 0 Å². The molecule has 0 spiro atoms. The van der Waals surface area contributed by atoms with Crippen LogP contribution in [0.25, 0.3) is 6.08 Å². The minimum Gasteiger partial charge on any atom is -0.316 e. The molecule has 5 nitrogen and oxygen atoms in total. The van der Waals surface area contributed by atoms with E-state index in [1.54, 1.807) is 13.1 Å². The maximum Gasteiger partial charge on any atom is 0.306 e. The molecule has 1 N–H and O–H groups in total. The number of hydrogen-bond donors (Lipinski definition) is 1. The summed E-state index contributed by atoms with van der Waals surface area (Å²) in [6.07, 6.45) is 6.13. The van der Waals surface area contributed by atoms with Gasteiger partial charge in [-0.05, 0) is 7.05 Å². The van der Waals surface area contributed by atoms with Crippen molar-refractivity contribution in [2.45, 2.75) is 0 Å². The number of pyridine rings is 1. The Morgan fingerprint density at radius 1 is 1.67 bits per heavy atom. The Morgan fingerprint density at radius 3 is 3.00 bits per heavy atom. The second-order valence-electron chi connectivity index (χ2n) is 2.78. The maximum absolute atomic E-state index is 10.5. The van der Waals surface area contributed by atoms with Crippen molar-refractivity contribution in [2.24, 2.45) is 0 Å². The van der Waals surface area contributed by atoms with Crippen molar-refractivity contribution in [2.75, 3.05) is 13.6 Å². The Bertz CT molecular complexity index is 393. The molecule has 0 amide bonds. The minimum absolute atomic E-state index is 0.113. The van der Waals surface area contributed by atoms with Gasteiger partial charge in [-0.3, -0.25) is 15.1 Å². The zero-order chi connectivity index (χ0) is 11.3. The van der Waals surface area contributed by atoms with Crippen LogP contribution in [0.1, 0.15) is 5.56 Å². The number of nitro groups is 1. The van der Waals surface area contributed by atoms with Gasteiger partial charge in [0.2, 0.25) is 0 Å². The fourth-order valence-electron chi connectivity index (χ4n) is 0.997. The minimum atomic E-state index is -0.551. The van der Waals surface area contributed by atoms with Gasteiger partial charge in [0.05, 0.1) is 4.92 Å². The van der Waals surface area contributed by atoms with Gasteiger partial charge in [0.1, 0.15) is 11.2 Å². The molecule has 6 heteroatoms. The third-order valence-corrected chi connectivity index (χ3v) is 2.12. The summed E-state index contributed by atoms with van der Waals surface area (Å²) < 4.78 is 0. The molecule has 0 saturated heterocycles. The molecule has 0 radical (unpaired) electrons. The number of halogens is 1. The highest BCUT2D eigenvalue weighted by Gasteiger charge is 2.14. The van der Waals surface area contributed by atoms with E-state index >= 15 is 0 Å². The normalized spacial score (nSPS) is 10.8. The topological polar surface area (TPSA) is 68.1 Å². The van der Waals surface area contributed by atoms with E-state index in [0.29, 0.717) is 12.1 Å². The molecule has 80 valence electrons.